The molecule has 2 aliphatic carbocycles. The van der Waals surface area contributed by atoms with Gasteiger partial charge in [-0.2, -0.15) is 17.2 Å². The first-order chi connectivity index (χ1) is 10.1. The molecule has 1 saturated heterocycles. The smallest absolute Gasteiger partial charge is 0.377 e. The molecule has 9 heteroatoms. The first-order valence-corrected chi connectivity index (χ1v) is 8.71. The third kappa shape index (κ3) is 2.16. The van der Waals surface area contributed by atoms with Gasteiger partial charge in [0, 0.05) is 5.92 Å². The lowest BCUT2D eigenvalue weighted by molar-refractivity contribution is -0.213. The molecule has 2 saturated carbocycles. The SMILES string of the molecule is CC(C)C(OC1C2CC3C1OS(=O)(=O)C3C2)C(F)(F)C(=O)O. The molecule has 22 heavy (non-hydrogen) atoms. The Morgan fingerprint density at radius 3 is 2.55 bits per heavy atom. The van der Waals surface area contributed by atoms with Crippen LogP contribution in [0.4, 0.5) is 8.78 Å². The van der Waals surface area contributed by atoms with E-state index in [4.69, 9.17) is 14.0 Å². The minimum atomic E-state index is -4.03. The quantitative estimate of drug-likeness (QED) is 0.758. The molecule has 1 heterocycles. The second kappa shape index (κ2) is 4.85. The average molecular weight is 340 g/mol. The molecule has 1 aliphatic heterocycles. The van der Waals surface area contributed by atoms with Crippen molar-refractivity contribution in [3.63, 3.8) is 0 Å². The molecular weight excluding hydrogens is 322 g/mol. The van der Waals surface area contributed by atoms with E-state index < -0.39 is 51.5 Å². The number of carboxylic acid groups (broad SMARTS) is 1. The average Bonchev–Trinajstić information content (AvgIpc) is 2.97. The molecule has 0 aromatic carbocycles. The van der Waals surface area contributed by atoms with Crippen molar-refractivity contribution in [1.29, 1.82) is 0 Å². The molecule has 6 nitrogen and oxygen atoms in total. The van der Waals surface area contributed by atoms with Gasteiger partial charge in [0.1, 0.15) is 12.2 Å². The molecule has 0 amide bonds. The summed E-state index contributed by atoms with van der Waals surface area (Å²) in [7, 11) is -3.66. The molecule has 3 aliphatic rings. The topological polar surface area (TPSA) is 89.9 Å². The van der Waals surface area contributed by atoms with E-state index in [9.17, 15) is 22.0 Å². The largest absolute Gasteiger partial charge is 0.477 e. The van der Waals surface area contributed by atoms with Gasteiger partial charge in [-0.15, -0.1) is 0 Å². The maximum absolute atomic E-state index is 13.9. The van der Waals surface area contributed by atoms with E-state index in [2.05, 4.69) is 0 Å². The molecule has 0 aromatic rings. The monoisotopic (exact) mass is 340 g/mol. The zero-order chi connectivity index (χ0) is 16.4. The van der Waals surface area contributed by atoms with E-state index in [1.165, 1.54) is 13.8 Å². The van der Waals surface area contributed by atoms with Crippen molar-refractivity contribution in [1.82, 2.24) is 0 Å². The summed E-state index contributed by atoms with van der Waals surface area (Å²) in [6, 6.07) is 0. The Kier molecular flexibility index (Phi) is 3.54. The predicted octanol–water partition coefficient (Wildman–Crippen LogP) is 1.25. The van der Waals surface area contributed by atoms with Gasteiger partial charge in [0.15, 0.2) is 0 Å². The molecule has 1 N–H and O–H groups in total. The van der Waals surface area contributed by atoms with Crippen molar-refractivity contribution in [2.75, 3.05) is 0 Å². The highest BCUT2D eigenvalue weighted by molar-refractivity contribution is 7.87. The summed E-state index contributed by atoms with van der Waals surface area (Å²) in [5, 5.41) is 8.15. The van der Waals surface area contributed by atoms with Gasteiger partial charge in [0.05, 0.1) is 11.4 Å². The van der Waals surface area contributed by atoms with Gasteiger partial charge in [0.2, 0.25) is 0 Å². The Bertz CT molecular complexity index is 589. The molecule has 3 fully saturated rings. The zero-order valence-corrected chi connectivity index (χ0v) is 12.9. The number of halogens is 2. The Balaban J connectivity index is 1.83. The summed E-state index contributed by atoms with van der Waals surface area (Å²) < 4.78 is 61.9. The van der Waals surface area contributed by atoms with Gasteiger partial charge < -0.3 is 9.84 Å². The second-order valence-corrected chi connectivity index (χ2v) is 8.46. The highest BCUT2D eigenvalue weighted by Gasteiger charge is 2.66. The number of aliphatic carboxylic acids is 1. The number of alkyl halides is 2. The summed E-state index contributed by atoms with van der Waals surface area (Å²) in [6.45, 7) is 2.90. The van der Waals surface area contributed by atoms with Gasteiger partial charge in [-0.1, -0.05) is 13.8 Å². The minimum Gasteiger partial charge on any atom is -0.477 e. The van der Waals surface area contributed by atoms with Gasteiger partial charge in [-0.05, 0) is 24.7 Å². The lowest BCUT2D eigenvalue weighted by atomic mass is 9.93. The summed E-state index contributed by atoms with van der Waals surface area (Å²) in [5.74, 6) is -7.42. The van der Waals surface area contributed by atoms with Gasteiger partial charge >= 0.3 is 11.9 Å². The van der Waals surface area contributed by atoms with Crippen molar-refractivity contribution in [3.05, 3.63) is 0 Å². The lowest BCUT2D eigenvalue weighted by Gasteiger charge is -2.34. The second-order valence-electron chi connectivity index (χ2n) is 6.68. The fourth-order valence-electron chi connectivity index (χ4n) is 4.02. The molecule has 0 radical (unpaired) electrons. The first kappa shape index (κ1) is 16.1. The van der Waals surface area contributed by atoms with Crippen LogP contribution in [-0.4, -0.2) is 49.0 Å². The summed E-state index contributed by atoms with van der Waals surface area (Å²) in [5.41, 5.74) is 0. The Hall–Kier alpha value is -0.800. The number of carbonyl (C=O) groups is 1. The van der Waals surface area contributed by atoms with Gasteiger partial charge in [-0.25, -0.2) is 4.79 Å². The standard InChI is InChI=1S/C13H18F2O6S/c1-5(2)11(13(14,15)12(16)17)20-9-6-3-7-8(4-6)22(18,19)21-10(7)9/h5-11H,3-4H2,1-2H3,(H,16,17). The molecular formula is C13H18F2O6S. The van der Waals surface area contributed by atoms with Gasteiger partial charge in [-0.3, -0.25) is 4.18 Å². The van der Waals surface area contributed by atoms with Crippen LogP contribution >= 0.6 is 0 Å². The number of fused-ring (bicyclic) bond motifs is 1. The number of hydrogen-bond acceptors (Lipinski definition) is 5. The fraction of sp³-hybridized carbons (Fsp3) is 0.923. The van der Waals surface area contributed by atoms with Crippen LogP contribution in [0.2, 0.25) is 0 Å². The van der Waals surface area contributed by atoms with Crippen molar-refractivity contribution >= 4 is 16.1 Å². The molecule has 2 bridgehead atoms. The fourth-order valence-corrected chi connectivity index (χ4v) is 5.90. The van der Waals surface area contributed by atoms with Crippen LogP contribution in [0, 0.1) is 17.8 Å². The minimum absolute atomic E-state index is 0.178. The highest BCUT2D eigenvalue weighted by atomic mass is 32.2. The maximum atomic E-state index is 13.9. The Morgan fingerprint density at radius 1 is 1.36 bits per heavy atom. The summed E-state index contributed by atoms with van der Waals surface area (Å²) in [6.07, 6.45) is -2.49. The van der Waals surface area contributed by atoms with E-state index in [1.807, 2.05) is 0 Å². The third-order valence-electron chi connectivity index (χ3n) is 4.97. The number of carboxylic acids is 1. The third-order valence-corrected chi connectivity index (χ3v) is 6.74. The highest BCUT2D eigenvalue weighted by Crippen LogP contribution is 2.56. The van der Waals surface area contributed by atoms with Crippen LogP contribution in [0.1, 0.15) is 26.7 Å². The molecule has 0 aromatic heterocycles. The van der Waals surface area contributed by atoms with Crippen LogP contribution in [-0.2, 0) is 23.8 Å². The summed E-state index contributed by atoms with van der Waals surface area (Å²) >= 11 is 0. The van der Waals surface area contributed by atoms with Crippen LogP contribution in [0.3, 0.4) is 0 Å². The molecule has 126 valence electrons. The van der Waals surface area contributed by atoms with Crippen LogP contribution in [0.15, 0.2) is 0 Å². The van der Waals surface area contributed by atoms with E-state index in [-0.39, 0.29) is 11.8 Å². The van der Waals surface area contributed by atoms with Crippen LogP contribution in [0.25, 0.3) is 0 Å². The van der Waals surface area contributed by atoms with Crippen LogP contribution in [0.5, 0.6) is 0 Å². The molecule has 6 unspecified atom stereocenters. The Labute approximate surface area is 126 Å². The van der Waals surface area contributed by atoms with Crippen molar-refractivity contribution in [3.8, 4) is 0 Å². The zero-order valence-electron chi connectivity index (χ0n) is 12.1. The maximum Gasteiger partial charge on any atom is 0.377 e. The first-order valence-electron chi connectivity index (χ1n) is 7.24. The van der Waals surface area contributed by atoms with Gasteiger partial charge in [0.25, 0.3) is 10.1 Å². The molecule has 0 spiro atoms. The van der Waals surface area contributed by atoms with Crippen molar-refractivity contribution < 1.29 is 36.0 Å². The van der Waals surface area contributed by atoms with Crippen molar-refractivity contribution in [2.24, 2.45) is 17.8 Å². The van der Waals surface area contributed by atoms with Crippen LogP contribution < -0.4 is 0 Å². The van der Waals surface area contributed by atoms with E-state index >= 15 is 0 Å². The Morgan fingerprint density at radius 2 is 2.00 bits per heavy atom. The number of hydrogen-bond donors (Lipinski definition) is 1. The predicted molar refractivity (Wildman–Crippen MR) is 69.9 cm³/mol. The van der Waals surface area contributed by atoms with E-state index in [1.54, 1.807) is 0 Å². The normalized spacial score (nSPS) is 40.3. The van der Waals surface area contributed by atoms with Crippen molar-refractivity contribution in [2.45, 2.75) is 56.2 Å². The number of ether oxygens (including phenoxy) is 1. The summed E-state index contributed by atoms with van der Waals surface area (Å²) in [4.78, 5) is 10.8. The lowest BCUT2D eigenvalue weighted by Crippen LogP contribution is -2.50. The van der Waals surface area contributed by atoms with E-state index in [0.717, 1.165) is 0 Å². The molecule has 6 atom stereocenters. The number of rotatable bonds is 5. The van der Waals surface area contributed by atoms with E-state index in [0.29, 0.717) is 12.8 Å². The molecule has 3 rings (SSSR count).